The quantitative estimate of drug-likeness (QED) is 0.471. The van der Waals surface area contributed by atoms with Crippen LogP contribution >= 0.6 is 11.8 Å². The zero-order valence-electron chi connectivity index (χ0n) is 10.4. The zero-order chi connectivity index (χ0) is 12.8. The molecule has 1 unspecified atom stereocenters. The molecule has 0 spiro atoms. The van der Waals surface area contributed by atoms with E-state index in [9.17, 15) is 0 Å². The number of nitrogens with zero attached hydrogens (tertiary/aromatic N) is 2. The Morgan fingerprint density at radius 3 is 2.78 bits per heavy atom. The number of nitrogens with one attached hydrogen (secondary N) is 1. The Bertz CT molecular complexity index is 469. The Kier molecular flexibility index (Phi) is 4.81. The molecule has 1 aromatic carbocycles. The van der Waals surface area contributed by atoms with Gasteiger partial charge in [0.2, 0.25) is 0 Å². The van der Waals surface area contributed by atoms with Crippen molar-refractivity contribution in [3.63, 3.8) is 0 Å². The van der Waals surface area contributed by atoms with Crippen LogP contribution in [0.1, 0.15) is 5.82 Å². The maximum absolute atomic E-state index is 5.60. The van der Waals surface area contributed by atoms with E-state index in [1.165, 1.54) is 4.90 Å². The van der Waals surface area contributed by atoms with E-state index in [1.807, 2.05) is 42.2 Å². The molecule has 0 radical (unpaired) electrons. The molecule has 1 atom stereocenters. The van der Waals surface area contributed by atoms with E-state index in [4.69, 9.17) is 5.84 Å². The third-order valence-electron chi connectivity index (χ3n) is 2.78. The van der Waals surface area contributed by atoms with Crippen molar-refractivity contribution < 1.29 is 0 Å². The van der Waals surface area contributed by atoms with Gasteiger partial charge in [0.1, 0.15) is 5.82 Å². The molecule has 0 amide bonds. The fourth-order valence-corrected chi connectivity index (χ4v) is 2.65. The Morgan fingerprint density at radius 2 is 2.17 bits per heavy atom. The van der Waals surface area contributed by atoms with Crippen LogP contribution in [0, 0.1) is 0 Å². The molecule has 0 aliphatic rings. The molecule has 2 rings (SSSR count). The molecule has 96 valence electrons. The van der Waals surface area contributed by atoms with Crippen LogP contribution in [0.4, 0.5) is 0 Å². The predicted molar refractivity (Wildman–Crippen MR) is 75.2 cm³/mol. The zero-order valence-corrected chi connectivity index (χ0v) is 11.2. The maximum atomic E-state index is 5.60. The van der Waals surface area contributed by atoms with Gasteiger partial charge in [-0.3, -0.25) is 11.3 Å². The van der Waals surface area contributed by atoms with E-state index in [2.05, 4.69) is 22.5 Å². The number of aryl methyl sites for hydroxylation is 1. The number of imidazole rings is 1. The summed E-state index contributed by atoms with van der Waals surface area (Å²) in [6.07, 6.45) is 4.60. The number of nitrogens with two attached hydrogens (primary N) is 1. The minimum Gasteiger partial charge on any atom is -0.338 e. The first kappa shape index (κ1) is 13.1. The van der Waals surface area contributed by atoms with Gasteiger partial charge in [0.05, 0.1) is 0 Å². The van der Waals surface area contributed by atoms with Crippen LogP contribution in [0.2, 0.25) is 0 Å². The fraction of sp³-hybridized carbons (Fsp3) is 0.308. The summed E-state index contributed by atoms with van der Waals surface area (Å²) in [4.78, 5) is 5.58. The van der Waals surface area contributed by atoms with Crippen LogP contribution in [0.25, 0.3) is 0 Å². The molecule has 0 saturated carbocycles. The van der Waals surface area contributed by atoms with Gasteiger partial charge in [-0.25, -0.2) is 4.98 Å². The van der Waals surface area contributed by atoms with Crippen LogP contribution in [0.5, 0.6) is 0 Å². The van der Waals surface area contributed by atoms with Gasteiger partial charge in [0.15, 0.2) is 0 Å². The van der Waals surface area contributed by atoms with Gasteiger partial charge in [0.25, 0.3) is 0 Å². The van der Waals surface area contributed by atoms with Crippen LogP contribution in [0.3, 0.4) is 0 Å². The molecule has 4 nitrogen and oxygen atoms in total. The van der Waals surface area contributed by atoms with Crippen molar-refractivity contribution in [2.75, 3.05) is 5.75 Å². The second kappa shape index (κ2) is 6.58. The molecule has 1 aromatic heterocycles. The molecule has 1 heterocycles. The summed E-state index contributed by atoms with van der Waals surface area (Å²) in [7, 11) is 2.00. The van der Waals surface area contributed by atoms with Gasteiger partial charge < -0.3 is 4.57 Å². The molecular weight excluding hydrogens is 244 g/mol. The second-order valence-electron chi connectivity index (χ2n) is 4.15. The van der Waals surface area contributed by atoms with Gasteiger partial charge in [-0.2, -0.15) is 0 Å². The van der Waals surface area contributed by atoms with E-state index in [0.29, 0.717) is 0 Å². The topological polar surface area (TPSA) is 55.9 Å². The lowest BCUT2D eigenvalue weighted by Gasteiger charge is -2.15. The Labute approximate surface area is 112 Å². The lowest BCUT2D eigenvalue weighted by atomic mass is 10.2. The third-order valence-corrected chi connectivity index (χ3v) is 3.95. The van der Waals surface area contributed by atoms with Gasteiger partial charge in [-0.15, -0.1) is 11.8 Å². The Morgan fingerprint density at radius 1 is 1.39 bits per heavy atom. The highest BCUT2D eigenvalue weighted by Crippen LogP contribution is 2.18. The van der Waals surface area contributed by atoms with E-state index in [0.717, 1.165) is 18.0 Å². The van der Waals surface area contributed by atoms with Crippen molar-refractivity contribution in [3.8, 4) is 0 Å². The summed E-state index contributed by atoms with van der Waals surface area (Å²) >= 11 is 1.80. The van der Waals surface area contributed by atoms with E-state index in [1.54, 1.807) is 11.8 Å². The summed E-state index contributed by atoms with van der Waals surface area (Å²) in [5, 5.41) is 0. The molecule has 0 saturated heterocycles. The van der Waals surface area contributed by atoms with Crippen molar-refractivity contribution in [1.82, 2.24) is 15.0 Å². The van der Waals surface area contributed by atoms with E-state index >= 15 is 0 Å². The van der Waals surface area contributed by atoms with Gasteiger partial charge >= 0.3 is 0 Å². The highest BCUT2D eigenvalue weighted by Gasteiger charge is 2.11. The smallest absolute Gasteiger partial charge is 0.110 e. The number of hydrazine groups is 1. The second-order valence-corrected chi connectivity index (χ2v) is 5.24. The number of aromatic nitrogens is 2. The fourth-order valence-electron chi connectivity index (χ4n) is 1.69. The minimum atomic E-state index is 0.219. The standard InChI is InChI=1S/C13H18N4S/c1-17-8-7-15-13(17)9-11(16-14)10-18-12-5-3-2-4-6-12/h2-8,11,16H,9-10,14H2,1H3. The van der Waals surface area contributed by atoms with E-state index in [-0.39, 0.29) is 6.04 Å². The van der Waals surface area contributed by atoms with Gasteiger partial charge in [-0.1, -0.05) is 18.2 Å². The van der Waals surface area contributed by atoms with Crippen LogP contribution in [-0.4, -0.2) is 21.3 Å². The average molecular weight is 262 g/mol. The average Bonchev–Trinajstić information content (AvgIpc) is 2.81. The first-order valence-corrected chi connectivity index (χ1v) is 6.88. The monoisotopic (exact) mass is 262 g/mol. The van der Waals surface area contributed by atoms with E-state index < -0.39 is 0 Å². The molecule has 18 heavy (non-hydrogen) atoms. The molecule has 5 heteroatoms. The molecule has 0 bridgehead atoms. The molecule has 2 aromatic rings. The Balaban J connectivity index is 1.88. The lowest BCUT2D eigenvalue weighted by Crippen LogP contribution is -2.39. The van der Waals surface area contributed by atoms with Crippen molar-refractivity contribution in [2.24, 2.45) is 12.9 Å². The maximum Gasteiger partial charge on any atom is 0.110 e. The van der Waals surface area contributed by atoms with Crippen molar-refractivity contribution in [1.29, 1.82) is 0 Å². The SMILES string of the molecule is Cn1ccnc1CC(CSc1ccccc1)NN. The number of hydrogen-bond donors (Lipinski definition) is 2. The van der Waals surface area contributed by atoms with Crippen LogP contribution < -0.4 is 11.3 Å². The third kappa shape index (κ3) is 3.60. The number of hydrogen-bond acceptors (Lipinski definition) is 4. The number of thioether (sulfide) groups is 1. The highest BCUT2D eigenvalue weighted by molar-refractivity contribution is 7.99. The summed E-state index contributed by atoms with van der Waals surface area (Å²) < 4.78 is 2.03. The normalized spacial score (nSPS) is 12.6. The first-order chi connectivity index (χ1) is 8.79. The molecule has 0 aliphatic heterocycles. The minimum absolute atomic E-state index is 0.219. The van der Waals surface area contributed by atoms with Gasteiger partial charge in [0, 0.05) is 42.6 Å². The van der Waals surface area contributed by atoms with Crippen molar-refractivity contribution >= 4 is 11.8 Å². The Hall–Kier alpha value is -1.30. The summed E-state index contributed by atoms with van der Waals surface area (Å²) in [5.41, 5.74) is 2.86. The summed E-state index contributed by atoms with van der Waals surface area (Å²) in [5.74, 6) is 7.57. The van der Waals surface area contributed by atoms with Crippen LogP contribution in [0.15, 0.2) is 47.6 Å². The number of rotatable bonds is 6. The van der Waals surface area contributed by atoms with Crippen molar-refractivity contribution in [3.05, 3.63) is 48.5 Å². The predicted octanol–water partition coefficient (Wildman–Crippen LogP) is 1.59. The highest BCUT2D eigenvalue weighted by atomic mass is 32.2. The molecule has 0 fully saturated rings. The first-order valence-electron chi connectivity index (χ1n) is 5.90. The molecule has 3 N–H and O–H groups in total. The summed E-state index contributed by atoms with van der Waals surface area (Å²) in [6.45, 7) is 0. The van der Waals surface area contributed by atoms with Crippen molar-refractivity contribution in [2.45, 2.75) is 17.4 Å². The molecule has 0 aliphatic carbocycles. The lowest BCUT2D eigenvalue weighted by molar-refractivity contribution is 0.552. The van der Waals surface area contributed by atoms with Gasteiger partial charge in [-0.05, 0) is 12.1 Å². The largest absolute Gasteiger partial charge is 0.338 e. The van der Waals surface area contributed by atoms with Crippen LogP contribution in [-0.2, 0) is 13.5 Å². The summed E-state index contributed by atoms with van der Waals surface area (Å²) in [6, 6.07) is 10.6. The number of benzene rings is 1. The molecular formula is C13H18N4S.